The normalized spacial score (nSPS) is 21.4. The Balaban J connectivity index is 2.22. The molecule has 1 unspecified atom stereocenters. The number of carbonyl (C=O) groups is 2. The van der Waals surface area contributed by atoms with Crippen molar-refractivity contribution in [1.29, 1.82) is 0 Å². The van der Waals surface area contributed by atoms with Gasteiger partial charge in [-0.25, -0.2) is 0 Å². The molecule has 0 spiro atoms. The third-order valence-corrected chi connectivity index (χ3v) is 3.54. The fourth-order valence-corrected chi connectivity index (χ4v) is 2.05. The van der Waals surface area contributed by atoms with Crippen LogP contribution in [0.3, 0.4) is 0 Å². The molecule has 1 aliphatic heterocycles. The van der Waals surface area contributed by atoms with Gasteiger partial charge in [-0.2, -0.15) is 0 Å². The quantitative estimate of drug-likeness (QED) is 0.776. The average molecular weight is 244 g/mol. The fourth-order valence-electron chi connectivity index (χ4n) is 1.41. The minimum Gasteiger partial charge on any atom is -0.354 e. The Morgan fingerprint density at radius 2 is 2.25 bits per heavy atom. The number of nitrogens with one attached hydrogen (secondary N) is 2. The van der Waals surface area contributed by atoms with Crippen molar-refractivity contribution in [2.75, 3.05) is 12.3 Å². The van der Waals surface area contributed by atoms with Gasteiger partial charge >= 0.3 is 0 Å². The van der Waals surface area contributed by atoms with Gasteiger partial charge in [0.25, 0.3) is 0 Å². The lowest BCUT2D eigenvalue weighted by molar-refractivity contribution is -0.124. The first kappa shape index (κ1) is 13.4. The van der Waals surface area contributed by atoms with Crippen LogP contribution in [0.5, 0.6) is 0 Å². The molecule has 0 aliphatic carbocycles. The first-order valence-electron chi connectivity index (χ1n) is 5.57. The monoisotopic (exact) mass is 244 g/mol. The molecule has 1 atom stereocenters. The highest BCUT2D eigenvalue weighted by Gasteiger charge is 2.20. The molecule has 0 aromatic rings. The molecule has 2 N–H and O–H groups in total. The highest BCUT2D eigenvalue weighted by molar-refractivity contribution is 8.01. The fraction of sp³-hybridized carbons (Fsp3) is 0.818. The van der Waals surface area contributed by atoms with E-state index in [2.05, 4.69) is 31.4 Å². The molecule has 4 nitrogen and oxygen atoms in total. The number of piperidine rings is 1. The summed E-state index contributed by atoms with van der Waals surface area (Å²) in [6.45, 7) is 6.83. The van der Waals surface area contributed by atoms with Crippen molar-refractivity contribution in [2.24, 2.45) is 0 Å². The van der Waals surface area contributed by atoms with Gasteiger partial charge < -0.3 is 10.6 Å². The van der Waals surface area contributed by atoms with E-state index in [4.69, 9.17) is 0 Å². The topological polar surface area (TPSA) is 58.2 Å². The molecule has 1 heterocycles. The van der Waals surface area contributed by atoms with Gasteiger partial charge in [0, 0.05) is 23.8 Å². The molecule has 5 heteroatoms. The maximum absolute atomic E-state index is 11.6. The van der Waals surface area contributed by atoms with Crippen LogP contribution in [0, 0.1) is 0 Å². The molecular formula is C11H20N2O2S. The van der Waals surface area contributed by atoms with Gasteiger partial charge in [-0.05, 0) is 6.42 Å². The van der Waals surface area contributed by atoms with Crippen molar-refractivity contribution in [3.8, 4) is 0 Å². The second kappa shape index (κ2) is 5.57. The molecule has 2 amide bonds. The Morgan fingerprint density at radius 3 is 2.75 bits per heavy atom. The molecule has 92 valence electrons. The van der Waals surface area contributed by atoms with E-state index < -0.39 is 0 Å². The molecule has 1 saturated heterocycles. The summed E-state index contributed by atoms with van der Waals surface area (Å²) in [4.78, 5) is 22.5. The second-order valence-electron chi connectivity index (χ2n) is 5.01. The molecule has 1 rings (SSSR count). The van der Waals surface area contributed by atoms with Gasteiger partial charge in [0.2, 0.25) is 11.8 Å². The van der Waals surface area contributed by atoms with Crippen LogP contribution in [0.25, 0.3) is 0 Å². The number of rotatable bonds is 3. The molecule has 0 bridgehead atoms. The summed E-state index contributed by atoms with van der Waals surface area (Å²) >= 11 is 1.63. The molecule has 1 fully saturated rings. The van der Waals surface area contributed by atoms with Crippen LogP contribution < -0.4 is 10.6 Å². The van der Waals surface area contributed by atoms with Crippen molar-refractivity contribution < 1.29 is 9.59 Å². The van der Waals surface area contributed by atoms with E-state index in [0.29, 0.717) is 18.7 Å². The SMILES string of the molecule is CC(C)(C)SCC(=O)NC1CCC(=O)NC1. The zero-order valence-electron chi connectivity index (χ0n) is 10.1. The lowest BCUT2D eigenvalue weighted by Crippen LogP contribution is -2.48. The zero-order chi connectivity index (χ0) is 12.2. The minimum atomic E-state index is 0.0565. The maximum atomic E-state index is 11.6. The number of amides is 2. The lowest BCUT2D eigenvalue weighted by atomic mass is 10.1. The van der Waals surface area contributed by atoms with Gasteiger partial charge in [-0.3, -0.25) is 9.59 Å². The van der Waals surface area contributed by atoms with E-state index in [-0.39, 0.29) is 22.6 Å². The Hall–Kier alpha value is -0.710. The van der Waals surface area contributed by atoms with E-state index in [9.17, 15) is 9.59 Å². The molecule has 0 aromatic heterocycles. The largest absolute Gasteiger partial charge is 0.354 e. The summed E-state index contributed by atoms with van der Waals surface area (Å²) < 4.78 is 0.109. The summed E-state index contributed by atoms with van der Waals surface area (Å²) in [6.07, 6.45) is 1.26. The number of hydrogen-bond donors (Lipinski definition) is 2. The Labute approximate surface area is 101 Å². The van der Waals surface area contributed by atoms with Crippen molar-refractivity contribution in [1.82, 2.24) is 10.6 Å². The Bertz CT molecular complexity index is 264. The zero-order valence-corrected chi connectivity index (χ0v) is 10.9. The smallest absolute Gasteiger partial charge is 0.230 e. The summed E-state index contributed by atoms with van der Waals surface area (Å²) in [5.74, 6) is 0.615. The number of hydrogen-bond acceptors (Lipinski definition) is 3. The summed E-state index contributed by atoms with van der Waals surface area (Å²) in [6, 6.07) is 0.103. The number of carbonyl (C=O) groups excluding carboxylic acids is 2. The van der Waals surface area contributed by atoms with E-state index in [1.54, 1.807) is 11.8 Å². The van der Waals surface area contributed by atoms with Crippen LogP contribution >= 0.6 is 11.8 Å². The molecule has 1 aliphatic rings. The maximum Gasteiger partial charge on any atom is 0.230 e. The lowest BCUT2D eigenvalue weighted by Gasteiger charge is -2.24. The third-order valence-electron chi connectivity index (χ3n) is 2.27. The molecule has 0 saturated carbocycles. The van der Waals surface area contributed by atoms with Crippen LogP contribution in [0.4, 0.5) is 0 Å². The molecule has 0 aromatic carbocycles. The first-order chi connectivity index (χ1) is 7.37. The predicted molar refractivity (Wildman–Crippen MR) is 66.4 cm³/mol. The van der Waals surface area contributed by atoms with E-state index >= 15 is 0 Å². The van der Waals surface area contributed by atoms with E-state index in [0.717, 1.165) is 6.42 Å². The van der Waals surface area contributed by atoms with Gasteiger partial charge in [0.15, 0.2) is 0 Å². The van der Waals surface area contributed by atoms with Gasteiger partial charge in [-0.15, -0.1) is 11.8 Å². The predicted octanol–water partition coefficient (Wildman–Crippen LogP) is 0.913. The Morgan fingerprint density at radius 1 is 1.56 bits per heavy atom. The minimum absolute atomic E-state index is 0.0565. The van der Waals surface area contributed by atoms with Crippen molar-refractivity contribution in [3.63, 3.8) is 0 Å². The van der Waals surface area contributed by atoms with Crippen LogP contribution in [0.2, 0.25) is 0 Å². The van der Waals surface area contributed by atoms with Gasteiger partial charge in [0.1, 0.15) is 0 Å². The van der Waals surface area contributed by atoms with Crippen LogP contribution in [-0.4, -0.2) is 34.9 Å². The van der Waals surface area contributed by atoms with Gasteiger partial charge in [-0.1, -0.05) is 20.8 Å². The van der Waals surface area contributed by atoms with E-state index in [1.807, 2.05) is 0 Å². The van der Waals surface area contributed by atoms with Crippen LogP contribution in [-0.2, 0) is 9.59 Å². The van der Waals surface area contributed by atoms with Crippen molar-refractivity contribution in [3.05, 3.63) is 0 Å². The molecule has 16 heavy (non-hydrogen) atoms. The number of thioether (sulfide) groups is 1. The summed E-state index contributed by atoms with van der Waals surface area (Å²) in [5.41, 5.74) is 0. The highest BCUT2D eigenvalue weighted by atomic mass is 32.2. The molecule has 0 radical (unpaired) electrons. The average Bonchev–Trinajstić information content (AvgIpc) is 2.18. The van der Waals surface area contributed by atoms with Crippen LogP contribution in [0.1, 0.15) is 33.6 Å². The first-order valence-corrected chi connectivity index (χ1v) is 6.55. The standard InChI is InChI=1S/C11H20N2O2S/c1-11(2,3)16-7-10(15)13-8-4-5-9(14)12-6-8/h8H,4-7H2,1-3H3,(H,12,14)(H,13,15). The van der Waals surface area contributed by atoms with Crippen LogP contribution in [0.15, 0.2) is 0 Å². The third kappa shape index (κ3) is 5.39. The van der Waals surface area contributed by atoms with Gasteiger partial charge in [0.05, 0.1) is 5.75 Å². The van der Waals surface area contributed by atoms with Crippen molar-refractivity contribution in [2.45, 2.75) is 44.4 Å². The second-order valence-corrected chi connectivity index (χ2v) is 6.81. The summed E-state index contributed by atoms with van der Waals surface area (Å²) in [7, 11) is 0. The summed E-state index contributed by atoms with van der Waals surface area (Å²) in [5, 5.41) is 5.69. The van der Waals surface area contributed by atoms with Crippen molar-refractivity contribution >= 4 is 23.6 Å². The Kier molecular flexibility index (Phi) is 4.65. The molecular weight excluding hydrogens is 224 g/mol. The van der Waals surface area contributed by atoms with E-state index in [1.165, 1.54) is 0 Å². The highest BCUT2D eigenvalue weighted by Crippen LogP contribution is 2.22.